The highest BCUT2D eigenvalue weighted by Crippen LogP contribution is 2.23. The lowest BCUT2D eigenvalue weighted by Crippen LogP contribution is -2.32. The van der Waals surface area contributed by atoms with E-state index in [4.69, 9.17) is 0 Å². The summed E-state index contributed by atoms with van der Waals surface area (Å²) >= 11 is 1.70. The van der Waals surface area contributed by atoms with Crippen molar-refractivity contribution >= 4 is 29.3 Å². The van der Waals surface area contributed by atoms with Gasteiger partial charge >= 0.3 is 0 Å². The summed E-state index contributed by atoms with van der Waals surface area (Å²) in [6.07, 6.45) is 8.10. The summed E-state index contributed by atoms with van der Waals surface area (Å²) in [5.41, 5.74) is 3.03. The fourth-order valence-corrected chi connectivity index (χ4v) is 4.43. The van der Waals surface area contributed by atoms with E-state index in [1.807, 2.05) is 42.6 Å². The molecule has 0 bridgehead atoms. The van der Waals surface area contributed by atoms with Gasteiger partial charge in [-0.1, -0.05) is 18.9 Å². The summed E-state index contributed by atoms with van der Waals surface area (Å²) in [4.78, 5) is 30.1. The van der Waals surface area contributed by atoms with Gasteiger partial charge in [-0.2, -0.15) is 0 Å². The van der Waals surface area contributed by atoms with Crippen molar-refractivity contribution in [3.8, 4) is 0 Å². The zero-order chi connectivity index (χ0) is 21.5. The predicted octanol–water partition coefficient (Wildman–Crippen LogP) is 5.30. The van der Waals surface area contributed by atoms with Crippen LogP contribution in [0, 0.1) is 0 Å². The van der Waals surface area contributed by atoms with E-state index in [-0.39, 0.29) is 17.9 Å². The fourth-order valence-electron chi connectivity index (χ4n) is 3.60. The van der Waals surface area contributed by atoms with Gasteiger partial charge in [-0.15, -0.1) is 11.8 Å². The Morgan fingerprint density at radius 2 is 1.58 bits per heavy atom. The van der Waals surface area contributed by atoms with Gasteiger partial charge in [0.25, 0.3) is 11.8 Å². The number of nitrogens with zero attached hydrogens (tertiary/aromatic N) is 1. The summed E-state index contributed by atoms with van der Waals surface area (Å²) in [6.45, 7) is 0. The molecule has 0 saturated heterocycles. The molecule has 2 amide bonds. The molecule has 0 radical (unpaired) electrons. The van der Waals surface area contributed by atoms with E-state index in [1.165, 1.54) is 12.8 Å². The standard InChI is InChI=1S/C25H25N3O2S/c29-24(27-21-5-1-2-6-21)19-7-11-22(12-8-19)28-25(30)20-9-13-23(14-10-20)31-17-18-4-3-15-26-16-18/h3-4,7-16,21H,1-2,5-6,17H2,(H,27,29)(H,28,30). The molecule has 1 fully saturated rings. The Bertz CT molecular complexity index is 1010. The molecule has 1 aliphatic carbocycles. The number of carbonyl (C=O) groups excluding carboxylic acids is 2. The van der Waals surface area contributed by atoms with Crippen molar-refractivity contribution in [2.75, 3.05) is 5.32 Å². The number of rotatable bonds is 7. The number of benzene rings is 2. The van der Waals surface area contributed by atoms with E-state index in [0.717, 1.165) is 29.1 Å². The summed E-state index contributed by atoms with van der Waals surface area (Å²) < 4.78 is 0. The molecule has 6 heteroatoms. The lowest BCUT2D eigenvalue weighted by Gasteiger charge is -2.12. The molecule has 2 aromatic carbocycles. The van der Waals surface area contributed by atoms with Crippen LogP contribution in [0.1, 0.15) is 52.0 Å². The lowest BCUT2D eigenvalue weighted by atomic mass is 10.1. The quantitative estimate of drug-likeness (QED) is 0.498. The first-order valence-electron chi connectivity index (χ1n) is 10.5. The van der Waals surface area contributed by atoms with Gasteiger partial charge in [-0.3, -0.25) is 14.6 Å². The van der Waals surface area contributed by atoms with Crippen LogP contribution in [-0.4, -0.2) is 22.8 Å². The molecular formula is C25H25N3O2S. The van der Waals surface area contributed by atoms with Crippen LogP contribution in [0.25, 0.3) is 0 Å². The average molecular weight is 432 g/mol. The maximum absolute atomic E-state index is 12.5. The first-order chi connectivity index (χ1) is 15.2. The Balaban J connectivity index is 1.29. The third-order valence-corrected chi connectivity index (χ3v) is 6.42. The van der Waals surface area contributed by atoms with Crippen molar-refractivity contribution in [3.63, 3.8) is 0 Å². The van der Waals surface area contributed by atoms with E-state index in [2.05, 4.69) is 15.6 Å². The number of pyridine rings is 1. The van der Waals surface area contributed by atoms with Gasteiger partial charge in [-0.05, 0) is 73.0 Å². The van der Waals surface area contributed by atoms with Gasteiger partial charge in [0, 0.05) is 45.9 Å². The Labute approximate surface area is 186 Å². The number of thioether (sulfide) groups is 1. The predicted molar refractivity (Wildman–Crippen MR) is 124 cm³/mol. The number of nitrogens with one attached hydrogen (secondary N) is 2. The van der Waals surface area contributed by atoms with Crippen molar-refractivity contribution in [2.24, 2.45) is 0 Å². The Hall–Kier alpha value is -3.12. The van der Waals surface area contributed by atoms with Gasteiger partial charge in [0.1, 0.15) is 0 Å². The molecule has 1 saturated carbocycles. The Morgan fingerprint density at radius 1 is 0.903 bits per heavy atom. The topological polar surface area (TPSA) is 71.1 Å². The van der Waals surface area contributed by atoms with Gasteiger partial charge in [-0.25, -0.2) is 0 Å². The fraction of sp³-hybridized carbons (Fsp3) is 0.240. The van der Waals surface area contributed by atoms with Crippen molar-refractivity contribution in [3.05, 3.63) is 89.7 Å². The highest BCUT2D eigenvalue weighted by Gasteiger charge is 2.18. The zero-order valence-corrected chi connectivity index (χ0v) is 18.0. The molecule has 0 unspecified atom stereocenters. The van der Waals surface area contributed by atoms with Crippen LogP contribution in [-0.2, 0) is 5.75 Å². The molecular weight excluding hydrogens is 406 g/mol. The highest BCUT2D eigenvalue weighted by atomic mass is 32.2. The molecule has 1 aliphatic rings. The van der Waals surface area contributed by atoms with Crippen molar-refractivity contribution in [1.82, 2.24) is 10.3 Å². The lowest BCUT2D eigenvalue weighted by molar-refractivity contribution is 0.0937. The van der Waals surface area contributed by atoms with Crippen LogP contribution in [0.4, 0.5) is 5.69 Å². The Kier molecular flexibility index (Phi) is 6.99. The highest BCUT2D eigenvalue weighted by molar-refractivity contribution is 7.98. The summed E-state index contributed by atoms with van der Waals surface area (Å²) in [5, 5.41) is 5.96. The first kappa shape index (κ1) is 21.1. The zero-order valence-electron chi connectivity index (χ0n) is 17.2. The summed E-state index contributed by atoms with van der Waals surface area (Å²) in [6, 6.07) is 18.8. The second kappa shape index (κ2) is 10.3. The monoisotopic (exact) mass is 431 g/mol. The molecule has 4 rings (SSSR count). The van der Waals surface area contributed by atoms with Crippen LogP contribution in [0.5, 0.6) is 0 Å². The molecule has 2 N–H and O–H groups in total. The van der Waals surface area contributed by atoms with E-state index >= 15 is 0 Å². The maximum atomic E-state index is 12.5. The van der Waals surface area contributed by atoms with E-state index in [0.29, 0.717) is 16.8 Å². The Morgan fingerprint density at radius 3 is 2.26 bits per heavy atom. The third kappa shape index (κ3) is 5.95. The number of amides is 2. The number of anilines is 1. The molecule has 31 heavy (non-hydrogen) atoms. The van der Waals surface area contributed by atoms with Crippen molar-refractivity contribution in [2.45, 2.75) is 42.4 Å². The molecule has 1 heterocycles. The van der Waals surface area contributed by atoms with E-state index < -0.39 is 0 Å². The minimum Gasteiger partial charge on any atom is -0.349 e. The van der Waals surface area contributed by atoms with Crippen molar-refractivity contribution in [1.29, 1.82) is 0 Å². The van der Waals surface area contributed by atoms with Gasteiger partial charge in [0.2, 0.25) is 0 Å². The number of hydrogen-bond donors (Lipinski definition) is 2. The normalized spacial score (nSPS) is 13.7. The largest absolute Gasteiger partial charge is 0.349 e. The van der Waals surface area contributed by atoms with Crippen molar-refractivity contribution < 1.29 is 9.59 Å². The van der Waals surface area contributed by atoms with Crippen LogP contribution in [0.15, 0.2) is 78.0 Å². The van der Waals surface area contributed by atoms with Crippen LogP contribution < -0.4 is 10.6 Å². The maximum Gasteiger partial charge on any atom is 0.255 e. The summed E-state index contributed by atoms with van der Waals surface area (Å²) in [7, 11) is 0. The van der Waals surface area contributed by atoms with Crippen LogP contribution >= 0.6 is 11.8 Å². The van der Waals surface area contributed by atoms with E-state index in [1.54, 1.807) is 42.2 Å². The second-order valence-electron chi connectivity index (χ2n) is 7.66. The first-order valence-corrected chi connectivity index (χ1v) is 11.5. The molecule has 158 valence electrons. The molecule has 1 aromatic heterocycles. The molecule has 5 nitrogen and oxygen atoms in total. The minimum absolute atomic E-state index is 0.0517. The SMILES string of the molecule is O=C(Nc1ccc(C(=O)NC2CCCC2)cc1)c1ccc(SCc2cccnc2)cc1. The third-order valence-electron chi connectivity index (χ3n) is 5.34. The number of hydrogen-bond acceptors (Lipinski definition) is 4. The smallest absolute Gasteiger partial charge is 0.255 e. The number of aromatic nitrogens is 1. The van der Waals surface area contributed by atoms with Gasteiger partial charge in [0.05, 0.1) is 0 Å². The second-order valence-corrected chi connectivity index (χ2v) is 8.71. The van der Waals surface area contributed by atoms with Gasteiger partial charge in [0.15, 0.2) is 0 Å². The van der Waals surface area contributed by atoms with Crippen LogP contribution in [0.2, 0.25) is 0 Å². The van der Waals surface area contributed by atoms with E-state index in [9.17, 15) is 9.59 Å². The molecule has 0 aliphatic heterocycles. The van der Waals surface area contributed by atoms with Crippen LogP contribution in [0.3, 0.4) is 0 Å². The number of carbonyl (C=O) groups is 2. The molecule has 0 spiro atoms. The minimum atomic E-state index is -0.174. The molecule has 3 aromatic rings. The average Bonchev–Trinajstić information content (AvgIpc) is 3.32. The summed E-state index contributed by atoms with van der Waals surface area (Å²) in [5.74, 6) is 0.608. The molecule has 0 atom stereocenters. The van der Waals surface area contributed by atoms with Gasteiger partial charge < -0.3 is 10.6 Å².